The molecule has 0 heterocycles. The highest BCUT2D eigenvalue weighted by molar-refractivity contribution is 7.92. The van der Waals surface area contributed by atoms with Crippen molar-refractivity contribution >= 4 is 15.7 Å². The maximum Gasteiger partial charge on any atom is 0.264 e. The average Bonchev–Trinajstić information content (AvgIpc) is 2.39. The Hall–Kier alpha value is -1.88. The second-order valence-corrected chi connectivity index (χ2v) is 6.23. The van der Waals surface area contributed by atoms with Crippen LogP contribution in [-0.2, 0) is 10.0 Å². The lowest BCUT2D eigenvalue weighted by Gasteiger charge is -2.19. The predicted octanol–water partition coefficient (Wildman–Crippen LogP) is 2.96. The van der Waals surface area contributed by atoms with Gasteiger partial charge >= 0.3 is 0 Å². The number of anilines is 1. The van der Waals surface area contributed by atoms with Crippen LogP contribution < -0.4 is 4.31 Å². The van der Waals surface area contributed by atoms with Crippen LogP contribution in [0.15, 0.2) is 53.4 Å². The minimum Gasteiger partial charge on any atom is -0.269 e. The van der Waals surface area contributed by atoms with Gasteiger partial charge in [-0.15, -0.1) is 0 Å². The molecule has 0 saturated carbocycles. The zero-order valence-electron chi connectivity index (χ0n) is 10.7. The standard InChI is InChI=1S/C14H14FNO2S/c1-11-3-7-13(8-4-11)16(2)19(17,18)14-9-5-12(15)6-10-14/h3-10H,1-2H3. The molecule has 5 heteroatoms. The minimum absolute atomic E-state index is 0.0666. The number of benzene rings is 2. The second-order valence-electron chi connectivity index (χ2n) is 4.26. The molecule has 3 nitrogen and oxygen atoms in total. The van der Waals surface area contributed by atoms with E-state index >= 15 is 0 Å². The molecule has 0 aliphatic heterocycles. The van der Waals surface area contributed by atoms with Crippen molar-refractivity contribution in [3.8, 4) is 0 Å². The van der Waals surface area contributed by atoms with E-state index in [9.17, 15) is 12.8 Å². The van der Waals surface area contributed by atoms with E-state index in [2.05, 4.69) is 0 Å². The molecule has 0 atom stereocenters. The summed E-state index contributed by atoms with van der Waals surface area (Å²) >= 11 is 0. The van der Waals surface area contributed by atoms with Crippen LogP contribution in [0.4, 0.5) is 10.1 Å². The summed E-state index contributed by atoms with van der Waals surface area (Å²) in [6.07, 6.45) is 0. The molecule has 0 saturated heterocycles. The van der Waals surface area contributed by atoms with Crippen LogP contribution in [-0.4, -0.2) is 15.5 Å². The number of halogens is 1. The molecule has 2 rings (SSSR count). The maximum absolute atomic E-state index is 12.8. The number of aryl methyl sites for hydroxylation is 1. The van der Waals surface area contributed by atoms with E-state index in [1.165, 1.54) is 23.5 Å². The summed E-state index contributed by atoms with van der Waals surface area (Å²) in [5.41, 5.74) is 1.62. The third-order valence-electron chi connectivity index (χ3n) is 2.87. The van der Waals surface area contributed by atoms with Crippen LogP contribution >= 0.6 is 0 Å². The van der Waals surface area contributed by atoms with E-state index in [0.29, 0.717) is 5.69 Å². The highest BCUT2D eigenvalue weighted by Crippen LogP contribution is 2.22. The Bertz CT molecular complexity index is 664. The first-order valence-corrected chi connectivity index (χ1v) is 7.16. The molecule has 0 aliphatic rings. The SMILES string of the molecule is Cc1ccc(N(C)S(=O)(=O)c2ccc(F)cc2)cc1. The highest BCUT2D eigenvalue weighted by Gasteiger charge is 2.20. The van der Waals surface area contributed by atoms with Crippen molar-refractivity contribution in [1.29, 1.82) is 0 Å². The molecule has 100 valence electrons. The average molecular weight is 279 g/mol. The van der Waals surface area contributed by atoms with Gasteiger partial charge in [0.15, 0.2) is 0 Å². The van der Waals surface area contributed by atoms with Crippen molar-refractivity contribution in [2.45, 2.75) is 11.8 Å². The first kappa shape index (κ1) is 13.5. The van der Waals surface area contributed by atoms with Gasteiger partial charge in [0.2, 0.25) is 0 Å². The molecule has 0 N–H and O–H groups in total. The normalized spacial score (nSPS) is 11.3. The molecule has 0 amide bonds. The highest BCUT2D eigenvalue weighted by atomic mass is 32.2. The van der Waals surface area contributed by atoms with Crippen molar-refractivity contribution in [2.24, 2.45) is 0 Å². The summed E-state index contributed by atoms with van der Waals surface area (Å²) in [6, 6.07) is 11.9. The number of rotatable bonds is 3. The number of hydrogen-bond donors (Lipinski definition) is 0. The maximum atomic E-state index is 12.8. The van der Waals surface area contributed by atoms with Gasteiger partial charge in [0.1, 0.15) is 5.82 Å². The van der Waals surface area contributed by atoms with Gasteiger partial charge in [-0.3, -0.25) is 4.31 Å². The first-order valence-electron chi connectivity index (χ1n) is 5.72. The van der Waals surface area contributed by atoms with E-state index in [0.717, 1.165) is 17.7 Å². The molecule has 0 fully saturated rings. The summed E-state index contributed by atoms with van der Waals surface area (Å²) in [5.74, 6) is -0.461. The Morgan fingerprint density at radius 2 is 1.47 bits per heavy atom. The first-order chi connectivity index (χ1) is 8.91. The van der Waals surface area contributed by atoms with E-state index in [1.807, 2.05) is 19.1 Å². The van der Waals surface area contributed by atoms with E-state index < -0.39 is 15.8 Å². The van der Waals surface area contributed by atoms with Gasteiger partial charge in [-0.2, -0.15) is 0 Å². The van der Waals surface area contributed by atoms with Crippen molar-refractivity contribution in [2.75, 3.05) is 11.4 Å². The molecule has 2 aromatic carbocycles. The van der Waals surface area contributed by atoms with Crippen LogP contribution in [0, 0.1) is 12.7 Å². The fraction of sp³-hybridized carbons (Fsp3) is 0.143. The zero-order valence-corrected chi connectivity index (χ0v) is 11.5. The quantitative estimate of drug-likeness (QED) is 0.866. The van der Waals surface area contributed by atoms with Crippen molar-refractivity contribution in [3.63, 3.8) is 0 Å². The molecule has 0 aliphatic carbocycles. The topological polar surface area (TPSA) is 37.4 Å². The third-order valence-corrected chi connectivity index (χ3v) is 4.67. The van der Waals surface area contributed by atoms with Gasteiger partial charge in [-0.05, 0) is 43.3 Å². The smallest absolute Gasteiger partial charge is 0.264 e. The van der Waals surface area contributed by atoms with Gasteiger partial charge in [-0.1, -0.05) is 17.7 Å². The largest absolute Gasteiger partial charge is 0.269 e. The van der Waals surface area contributed by atoms with E-state index in [1.54, 1.807) is 12.1 Å². The van der Waals surface area contributed by atoms with E-state index in [4.69, 9.17) is 0 Å². The lowest BCUT2D eigenvalue weighted by atomic mass is 10.2. The van der Waals surface area contributed by atoms with Gasteiger partial charge in [0, 0.05) is 7.05 Å². The van der Waals surface area contributed by atoms with Gasteiger partial charge in [0.05, 0.1) is 10.6 Å². The van der Waals surface area contributed by atoms with Crippen molar-refractivity contribution in [1.82, 2.24) is 0 Å². The van der Waals surface area contributed by atoms with Crippen molar-refractivity contribution in [3.05, 3.63) is 59.9 Å². The predicted molar refractivity (Wildman–Crippen MR) is 73.2 cm³/mol. The molecule has 0 aromatic heterocycles. The zero-order chi connectivity index (χ0) is 14.0. The van der Waals surface area contributed by atoms with Crippen LogP contribution in [0.5, 0.6) is 0 Å². The minimum atomic E-state index is -3.65. The van der Waals surface area contributed by atoms with Crippen LogP contribution in [0.25, 0.3) is 0 Å². The monoisotopic (exact) mass is 279 g/mol. The fourth-order valence-electron chi connectivity index (χ4n) is 1.66. The van der Waals surface area contributed by atoms with Crippen LogP contribution in [0.2, 0.25) is 0 Å². The molecule has 19 heavy (non-hydrogen) atoms. The Morgan fingerprint density at radius 3 is 2.00 bits per heavy atom. The van der Waals surface area contributed by atoms with Crippen molar-refractivity contribution < 1.29 is 12.8 Å². The fourth-order valence-corrected chi connectivity index (χ4v) is 2.85. The summed E-state index contributed by atoms with van der Waals surface area (Å²) < 4.78 is 38.7. The number of nitrogens with zero attached hydrogens (tertiary/aromatic N) is 1. The molecule has 2 aromatic rings. The molecule has 0 radical (unpaired) electrons. The Balaban J connectivity index is 2.39. The van der Waals surface area contributed by atoms with Crippen LogP contribution in [0.3, 0.4) is 0 Å². The van der Waals surface area contributed by atoms with Gasteiger partial charge < -0.3 is 0 Å². The molecular formula is C14H14FNO2S. The van der Waals surface area contributed by atoms with Crippen LogP contribution in [0.1, 0.15) is 5.56 Å². The molecule has 0 bridgehead atoms. The lowest BCUT2D eigenvalue weighted by molar-refractivity contribution is 0.593. The summed E-state index contributed by atoms with van der Waals surface area (Å²) in [6.45, 7) is 1.93. The lowest BCUT2D eigenvalue weighted by Crippen LogP contribution is -2.26. The Kier molecular flexibility index (Phi) is 3.57. The number of sulfonamides is 1. The third kappa shape index (κ3) is 2.76. The Morgan fingerprint density at radius 1 is 0.947 bits per heavy atom. The summed E-state index contributed by atoms with van der Waals surface area (Å²) in [7, 11) is -2.18. The second kappa shape index (κ2) is 5.01. The van der Waals surface area contributed by atoms with Gasteiger partial charge in [0.25, 0.3) is 10.0 Å². The van der Waals surface area contributed by atoms with Gasteiger partial charge in [-0.25, -0.2) is 12.8 Å². The number of hydrogen-bond acceptors (Lipinski definition) is 2. The molecule has 0 unspecified atom stereocenters. The molecule has 0 spiro atoms. The molecular weight excluding hydrogens is 265 g/mol. The summed E-state index contributed by atoms with van der Waals surface area (Å²) in [4.78, 5) is 0.0666. The Labute approximate surface area is 112 Å². The van der Waals surface area contributed by atoms with E-state index in [-0.39, 0.29) is 4.90 Å². The summed E-state index contributed by atoms with van der Waals surface area (Å²) in [5, 5.41) is 0.